The summed E-state index contributed by atoms with van der Waals surface area (Å²) in [6, 6.07) is 0.817. The molecule has 3 nitrogen and oxygen atoms in total. The molecule has 2 saturated carbocycles. The lowest BCUT2D eigenvalue weighted by molar-refractivity contribution is 0.112. The molecule has 3 rings (SSSR count). The van der Waals surface area contributed by atoms with Crippen molar-refractivity contribution in [1.82, 2.24) is 10.2 Å². The fraction of sp³-hybridized carbons (Fsp3) is 1.00. The highest BCUT2D eigenvalue weighted by Crippen LogP contribution is 2.32. The van der Waals surface area contributed by atoms with Crippen LogP contribution in [0.2, 0.25) is 0 Å². The van der Waals surface area contributed by atoms with Gasteiger partial charge in [0.25, 0.3) is 0 Å². The topological polar surface area (TPSA) is 24.5 Å². The monoisotopic (exact) mass is 266 g/mol. The first-order chi connectivity index (χ1) is 9.26. The maximum atomic E-state index is 5.72. The number of ether oxygens (including phenoxy) is 1. The highest BCUT2D eigenvalue weighted by Gasteiger charge is 2.37. The first kappa shape index (κ1) is 13.8. The van der Waals surface area contributed by atoms with Gasteiger partial charge in [0.1, 0.15) is 0 Å². The molecule has 19 heavy (non-hydrogen) atoms. The molecular formula is C16H30N2O. The third-order valence-corrected chi connectivity index (χ3v) is 5.18. The maximum absolute atomic E-state index is 5.72. The molecule has 0 aromatic rings. The summed E-state index contributed by atoms with van der Waals surface area (Å²) in [7, 11) is 2.31. The van der Waals surface area contributed by atoms with Gasteiger partial charge in [-0.15, -0.1) is 0 Å². The lowest BCUT2D eigenvalue weighted by Gasteiger charge is -2.33. The lowest BCUT2D eigenvalue weighted by atomic mass is 9.86. The van der Waals surface area contributed by atoms with Crippen molar-refractivity contribution in [1.29, 1.82) is 0 Å². The van der Waals surface area contributed by atoms with E-state index in [0.29, 0.717) is 5.41 Å². The molecule has 3 heteroatoms. The Hall–Kier alpha value is -0.120. The van der Waals surface area contributed by atoms with Gasteiger partial charge in [-0.3, -0.25) is 0 Å². The third-order valence-electron chi connectivity index (χ3n) is 5.18. The Labute approximate surface area is 118 Å². The molecule has 3 fully saturated rings. The molecular weight excluding hydrogens is 236 g/mol. The molecule has 110 valence electrons. The van der Waals surface area contributed by atoms with Crippen LogP contribution in [0.25, 0.3) is 0 Å². The number of rotatable bonds is 7. The molecule has 0 bridgehead atoms. The zero-order chi connectivity index (χ0) is 13.1. The van der Waals surface area contributed by atoms with E-state index in [4.69, 9.17) is 4.74 Å². The van der Waals surface area contributed by atoms with E-state index in [9.17, 15) is 0 Å². The largest absolute Gasteiger partial charge is 0.381 e. The van der Waals surface area contributed by atoms with Gasteiger partial charge in [0.2, 0.25) is 0 Å². The van der Waals surface area contributed by atoms with Gasteiger partial charge in [0.05, 0.1) is 6.61 Å². The predicted octanol–water partition coefficient (Wildman–Crippen LogP) is 2.27. The molecule has 3 aliphatic rings. The minimum absolute atomic E-state index is 0.385. The van der Waals surface area contributed by atoms with Gasteiger partial charge in [0.15, 0.2) is 0 Å². The van der Waals surface area contributed by atoms with E-state index >= 15 is 0 Å². The van der Waals surface area contributed by atoms with Crippen molar-refractivity contribution >= 4 is 0 Å². The first-order valence-corrected chi connectivity index (χ1v) is 8.25. The van der Waals surface area contributed by atoms with Gasteiger partial charge < -0.3 is 15.0 Å². The van der Waals surface area contributed by atoms with Crippen molar-refractivity contribution in [2.24, 2.45) is 11.3 Å². The van der Waals surface area contributed by atoms with Crippen molar-refractivity contribution in [3.8, 4) is 0 Å². The van der Waals surface area contributed by atoms with Crippen LogP contribution in [0.15, 0.2) is 0 Å². The van der Waals surface area contributed by atoms with Crippen LogP contribution in [-0.2, 0) is 4.74 Å². The molecule has 0 amide bonds. The van der Waals surface area contributed by atoms with Gasteiger partial charge in [-0.2, -0.15) is 0 Å². The van der Waals surface area contributed by atoms with Crippen molar-refractivity contribution in [2.45, 2.75) is 51.0 Å². The Morgan fingerprint density at radius 3 is 2.63 bits per heavy atom. The number of hydrogen-bond acceptors (Lipinski definition) is 3. The quantitative estimate of drug-likeness (QED) is 0.765. The van der Waals surface area contributed by atoms with E-state index in [1.807, 2.05) is 0 Å². The van der Waals surface area contributed by atoms with Crippen LogP contribution in [0.3, 0.4) is 0 Å². The summed E-state index contributed by atoms with van der Waals surface area (Å²) in [6.07, 6.45) is 9.82. The Morgan fingerprint density at radius 2 is 2.00 bits per heavy atom. The summed E-state index contributed by atoms with van der Waals surface area (Å²) in [5.74, 6) is 0.959. The van der Waals surface area contributed by atoms with E-state index in [2.05, 4.69) is 17.3 Å². The smallest absolute Gasteiger partial charge is 0.0547 e. The van der Waals surface area contributed by atoms with E-state index in [0.717, 1.165) is 31.7 Å². The van der Waals surface area contributed by atoms with Crippen LogP contribution in [0, 0.1) is 11.3 Å². The maximum Gasteiger partial charge on any atom is 0.0547 e. The van der Waals surface area contributed by atoms with Crippen LogP contribution < -0.4 is 5.32 Å². The molecule has 0 radical (unpaired) electrons. The van der Waals surface area contributed by atoms with Gasteiger partial charge in [-0.05, 0) is 45.1 Å². The van der Waals surface area contributed by atoms with Crippen LogP contribution >= 0.6 is 0 Å². The molecule has 1 aliphatic heterocycles. The second-order valence-corrected chi connectivity index (χ2v) is 7.30. The fourth-order valence-electron chi connectivity index (χ4n) is 3.89. The summed E-state index contributed by atoms with van der Waals surface area (Å²) in [4.78, 5) is 2.58. The average Bonchev–Trinajstić information content (AvgIpc) is 2.87. The zero-order valence-corrected chi connectivity index (χ0v) is 12.5. The third kappa shape index (κ3) is 3.93. The summed E-state index contributed by atoms with van der Waals surface area (Å²) in [5, 5.41) is 3.73. The van der Waals surface area contributed by atoms with Crippen molar-refractivity contribution in [3.05, 3.63) is 0 Å². The van der Waals surface area contributed by atoms with Gasteiger partial charge in [-0.1, -0.05) is 12.8 Å². The molecule has 1 N–H and O–H groups in total. The Kier molecular flexibility index (Phi) is 4.45. The zero-order valence-electron chi connectivity index (χ0n) is 12.5. The summed E-state index contributed by atoms with van der Waals surface area (Å²) < 4.78 is 5.72. The van der Waals surface area contributed by atoms with Crippen LogP contribution in [0.5, 0.6) is 0 Å². The van der Waals surface area contributed by atoms with E-state index in [1.165, 1.54) is 58.0 Å². The molecule has 0 aromatic heterocycles. The number of nitrogens with one attached hydrogen (secondary N) is 1. The summed E-state index contributed by atoms with van der Waals surface area (Å²) in [5.41, 5.74) is 0.385. The highest BCUT2D eigenvalue weighted by atomic mass is 16.5. The fourth-order valence-corrected chi connectivity index (χ4v) is 3.89. The SMILES string of the molecule is CN(CC1CCCC1)CC1(CNC2CC2)CCOC1. The summed E-state index contributed by atoms with van der Waals surface area (Å²) in [6.45, 7) is 5.59. The van der Waals surface area contributed by atoms with E-state index in [-0.39, 0.29) is 0 Å². The van der Waals surface area contributed by atoms with Crippen LogP contribution in [0.1, 0.15) is 44.9 Å². The second-order valence-electron chi connectivity index (χ2n) is 7.30. The normalized spacial score (nSPS) is 32.5. The van der Waals surface area contributed by atoms with Gasteiger partial charge in [0, 0.05) is 37.7 Å². The van der Waals surface area contributed by atoms with Crippen molar-refractivity contribution in [3.63, 3.8) is 0 Å². The minimum atomic E-state index is 0.385. The standard InChI is InChI=1S/C16H30N2O/c1-18(10-14-4-2-3-5-14)12-16(8-9-19-13-16)11-17-15-6-7-15/h14-15,17H,2-13H2,1H3. The van der Waals surface area contributed by atoms with Crippen LogP contribution in [0.4, 0.5) is 0 Å². The first-order valence-electron chi connectivity index (χ1n) is 8.25. The Bertz CT molecular complexity index is 278. The Morgan fingerprint density at radius 1 is 1.21 bits per heavy atom. The van der Waals surface area contributed by atoms with Crippen molar-refractivity contribution < 1.29 is 4.74 Å². The summed E-state index contributed by atoms with van der Waals surface area (Å²) >= 11 is 0. The highest BCUT2D eigenvalue weighted by molar-refractivity contribution is 4.92. The van der Waals surface area contributed by atoms with Crippen molar-refractivity contribution in [2.75, 3.05) is 39.9 Å². The molecule has 1 heterocycles. The lowest BCUT2D eigenvalue weighted by Crippen LogP contribution is -2.45. The molecule has 0 aromatic carbocycles. The molecule has 0 spiro atoms. The van der Waals surface area contributed by atoms with Gasteiger partial charge >= 0.3 is 0 Å². The van der Waals surface area contributed by atoms with E-state index < -0.39 is 0 Å². The van der Waals surface area contributed by atoms with Gasteiger partial charge in [-0.25, -0.2) is 0 Å². The molecule has 2 aliphatic carbocycles. The average molecular weight is 266 g/mol. The molecule has 1 saturated heterocycles. The molecule has 1 atom stereocenters. The molecule has 1 unspecified atom stereocenters. The number of hydrogen-bond donors (Lipinski definition) is 1. The predicted molar refractivity (Wildman–Crippen MR) is 78.3 cm³/mol. The number of nitrogens with zero attached hydrogens (tertiary/aromatic N) is 1. The Balaban J connectivity index is 1.47. The van der Waals surface area contributed by atoms with E-state index in [1.54, 1.807) is 0 Å². The minimum Gasteiger partial charge on any atom is -0.381 e. The second kappa shape index (κ2) is 6.11. The van der Waals surface area contributed by atoms with Crippen LogP contribution in [-0.4, -0.2) is 50.8 Å².